The van der Waals surface area contributed by atoms with Crippen LogP contribution in [0.15, 0.2) is 21.8 Å². The van der Waals surface area contributed by atoms with E-state index in [1.54, 1.807) is 23.9 Å². The molecule has 0 saturated carbocycles. The number of piperidine rings is 1. The van der Waals surface area contributed by atoms with Gasteiger partial charge in [0.2, 0.25) is 0 Å². The zero-order valence-corrected chi connectivity index (χ0v) is 15.2. The number of fused-ring (bicyclic) bond motifs is 1. The predicted molar refractivity (Wildman–Crippen MR) is 91.8 cm³/mol. The fraction of sp³-hybridized carbons (Fsp3) is 0.571. The molecule has 3 rings (SSSR count). The molecule has 1 fully saturated rings. The minimum atomic E-state index is -1.09. The Bertz CT molecular complexity index is 656. The number of halogens is 1. The molecule has 2 aromatic heterocycles. The lowest BCUT2D eigenvalue weighted by Gasteiger charge is -2.28. The number of hydrogen-bond acceptors (Lipinski definition) is 5. The molecular formula is C14H21BrN4O2S. The number of anilines is 1. The first kappa shape index (κ1) is 17.4. The highest BCUT2D eigenvalue weighted by molar-refractivity contribution is 9.10. The number of hydrogen-bond donors (Lipinski definition) is 1. The summed E-state index contributed by atoms with van der Waals surface area (Å²) in [5, 5.41) is 12.5. The Hall–Kier alpha value is -0.990. The summed E-state index contributed by atoms with van der Waals surface area (Å²) in [6.07, 6.45) is 7.03. The average molecular weight is 389 g/mol. The minimum Gasteiger partial charge on any atom is -0.397 e. The molecule has 0 bridgehead atoms. The van der Waals surface area contributed by atoms with Crippen LogP contribution in [0.25, 0.3) is 5.65 Å². The van der Waals surface area contributed by atoms with Crippen molar-refractivity contribution in [2.24, 2.45) is 0 Å². The first-order valence-corrected chi connectivity index (χ1v) is 9.67. The third kappa shape index (κ3) is 3.85. The lowest BCUT2D eigenvalue weighted by atomic mass is 10.1. The normalized spacial score (nSPS) is 16.3. The highest BCUT2D eigenvalue weighted by Gasteiger charge is 2.17. The predicted octanol–water partition coefficient (Wildman–Crippen LogP) is 2.22. The Kier molecular flexibility index (Phi) is 6.34. The first-order valence-electron chi connectivity index (χ1n) is 7.32. The molecule has 1 saturated heterocycles. The van der Waals surface area contributed by atoms with E-state index in [1.165, 1.54) is 19.3 Å². The molecule has 6 nitrogen and oxygen atoms in total. The van der Waals surface area contributed by atoms with Crippen molar-refractivity contribution in [2.45, 2.75) is 31.2 Å². The van der Waals surface area contributed by atoms with Gasteiger partial charge in [0, 0.05) is 32.0 Å². The molecule has 2 aromatic rings. The zero-order chi connectivity index (χ0) is 16.1. The Balaban J connectivity index is 0.000000545. The van der Waals surface area contributed by atoms with Crippen LogP contribution in [0.1, 0.15) is 26.2 Å². The van der Waals surface area contributed by atoms with Gasteiger partial charge < -0.3 is 10.0 Å². The molecule has 1 unspecified atom stereocenters. The molecule has 0 spiro atoms. The Labute approximate surface area is 141 Å². The molecule has 1 aliphatic rings. The van der Waals surface area contributed by atoms with Gasteiger partial charge >= 0.3 is 0 Å². The van der Waals surface area contributed by atoms with Gasteiger partial charge in [0.1, 0.15) is 10.8 Å². The topological polar surface area (TPSA) is 70.7 Å². The first-order chi connectivity index (χ1) is 10.6. The van der Waals surface area contributed by atoms with Gasteiger partial charge in [0.05, 0.1) is 21.5 Å². The second-order valence-electron chi connectivity index (χ2n) is 5.00. The average Bonchev–Trinajstić information content (AvgIpc) is 2.89. The van der Waals surface area contributed by atoms with E-state index in [0.29, 0.717) is 5.03 Å². The van der Waals surface area contributed by atoms with Crippen LogP contribution in [-0.2, 0) is 10.8 Å². The molecule has 1 aliphatic heterocycles. The van der Waals surface area contributed by atoms with Gasteiger partial charge in [-0.15, -0.1) is 0 Å². The van der Waals surface area contributed by atoms with Crippen LogP contribution in [0.2, 0.25) is 0 Å². The third-order valence-electron chi connectivity index (χ3n) is 3.36. The summed E-state index contributed by atoms with van der Waals surface area (Å²) in [6.45, 7) is 3.97. The van der Waals surface area contributed by atoms with E-state index >= 15 is 0 Å². The smallest absolute Gasteiger partial charge is 0.172 e. The van der Waals surface area contributed by atoms with Gasteiger partial charge in [-0.1, -0.05) is 0 Å². The van der Waals surface area contributed by atoms with Gasteiger partial charge in [0.25, 0.3) is 0 Å². The molecule has 0 radical (unpaired) electrons. The lowest BCUT2D eigenvalue weighted by molar-refractivity contribution is 0.318. The zero-order valence-electron chi connectivity index (χ0n) is 12.8. The SMILES string of the molecule is CCO.CS(=O)c1cc(N2CCCCC2)nc2c(Br)cnn12. The lowest BCUT2D eigenvalue weighted by Crippen LogP contribution is -2.30. The van der Waals surface area contributed by atoms with Gasteiger partial charge in [-0.05, 0) is 42.1 Å². The molecule has 3 heterocycles. The monoisotopic (exact) mass is 388 g/mol. The van der Waals surface area contributed by atoms with Crippen LogP contribution in [0.4, 0.5) is 5.82 Å². The van der Waals surface area contributed by atoms with E-state index < -0.39 is 10.8 Å². The van der Waals surface area contributed by atoms with E-state index in [1.807, 2.05) is 6.07 Å². The largest absolute Gasteiger partial charge is 0.397 e. The summed E-state index contributed by atoms with van der Waals surface area (Å²) in [5.41, 5.74) is 0.730. The number of aliphatic hydroxyl groups excluding tert-OH is 1. The second kappa shape index (κ2) is 8.03. The quantitative estimate of drug-likeness (QED) is 0.798. The molecule has 1 N–H and O–H groups in total. The number of nitrogens with zero attached hydrogens (tertiary/aromatic N) is 4. The third-order valence-corrected chi connectivity index (χ3v) is 4.80. The van der Waals surface area contributed by atoms with E-state index in [9.17, 15) is 4.21 Å². The van der Waals surface area contributed by atoms with E-state index in [2.05, 4.69) is 30.9 Å². The van der Waals surface area contributed by atoms with E-state index in [4.69, 9.17) is 5.11 Å². The maximum absolute atomic E-state index is 11.9. The van der Waals surface area contributed by atoms with Crippen LogP contribution in [0.3, 0.4) is 0 Å². The van der Waals surface area contributed by atoms with Crippen molar-refractivity contribution >= 4 is 38.2 Å². The second-order valence-corrected chi connectivity index (χ2v) is 7.18. The highest BCUT2D eigenvalue weighted by Crippen LogP contribution is 2.24. The fourth-order valence-corrected chi connectivity index (χ4v) is 3.38. The standard InChI is InChI=1S/C12H15BrN4OS.C2H6O/c1-19(18)11-7-10(16-5-3-2-4-6-16)15-12-9(13)8-14-17(11)12;1-2-3/h7-8H,2-6H2,1H3;3H,2H2,1H3. The molecule has 8 heteroatoms. The number of rotatable bonds is 2. The Morgan fingerprint density at radius 2 is 2.00 bits per heavy atom. The molecule has 122 valence electrons. The molecule has 22 heavy (non-hydrogen) atoms. The van der Waals surface area contributed by atoms with E-state index in [-0.39, 0.29) is 6.61 Å². The molecule has 0 aliphatic carbocycles. The Morgan fingerprint density at radius 3 is 2.59 bits per heavy atom. The van der Waals surface area contributed by atoms with Crippen molar-refractivity contribution in [1.29, 1.82) is 0 Å². The highest BCUT2D eigenvalue weighted by atomic mass is 79.9. The Morgan fingerprint density at radius 1 is 1.36 bits per heavy atom. The summed E-state index contributed by atoms with van der Waals surface area (Å²) in [6, 6.07) is 1.90. The van der Waals surface area contributed by atoms with Crippen molar-refractivity contribution in [3.63, 3.8) is 0 Å². The summed E-state index contributed by atoms with van der Waals surface area (Å²) < 4.78 is 14.4. The summed E-state index contributed by atoms with van der Waals surface area (Å²) >= 11 is 3.45. The maximum Gasteiger partial charge on any atom is 0.172 e. The maximum atomic E-state index is 11.9. The van der Waals surface area contributed by atoms with Crippen molar-refractivity contribution in [2.75, 3.05) is 30.9 Å². The van der Waals surface area contributed by atoms with Crippen molar-refractivity contribution in [1.82, 2.24) is 14.6 Å². The van der Waals surface area contributed by atoms with Gasteiger partial charge in [-0.25, -0.2) is 9.50 Å². The molecule has 0 amide bonds. The van der Waals surface area contributed by atoms with Gasteiger partial charge in [0.15, 0.2) is 5.65 Å². The molecule has 0 aromatic carbocycles. The minimum absolute atomic E-state index is 0.250. The van der Waals surface area contributed by atoms with Crippen molar-refractivity contribution < 1.29 is 9.32 Å². The van der Waals surface area contributed by atoms with Crippen molar-refractivity contribution in [3.05, 3.63) is 16.7 Å². The van der Waals surface area contributed by atoms with Crippen LogP contribution in [-0.4, -0.2) is 49.9 Å². The van der Waals surface area contributed by atoms with Crippen molar-refractivity contribution in [3.8, 4) is 0 Å². The molecule has 1 atom stereocenters. The number of aromatic nitrogens is 3. The molecular weight excluding hydrogens is 368 g/mol. The van der Waals surface area contributed by atoms with Gasteiger partial charge in [-0.2, -0.15) is 5.10 Å². The summed E-state index contributed by atoms with van der Waals surface area (Å²) in [7, 11) is -1.09. The summed E-state index contributed by atoms with van der Waals surface area (Å²) in [4.78, 5) is 6.91. The van der Waals surface area contributed by atoms with Crippen LogP contribution in [0.5, 0.6) is 0 Å². The van der Waals surface area contributed by atoms with Crippen LogP contribution >= 0.6 is 15.9 Å². The van der Waals surface area contributed by atoms with Gasteiger partial charge in [-0.3, -0.25) is 4.21 Å². The number of aliphatic hydroxyl groups is 1. The van der Waals surface area contributed by atoms with Crippen LogP contribution in [0, 0.1) is 0 Å². The fourth-order valence-electron chi connectivity index (χ4n) is 2.39. The van der Waals surface area contributed by atoms with Crippen LogP contribution < -0.4 is 4.90 Å². The van der Waals surface area contributed by atoms with E-state index in [0.717, 1.165) is 29.0 Å². The summed E-state index contributed by atoms with van der Waals surface area (Å²) in [5.74, 6) is 0.901.